The molecule has 5 nitrogen and oxygen atoms in total. The van der Waals surface area contributed by atoms with Gasteiger partial charge in [0.15, 0.2) is 0 Å². The summed E-state index contributed by atoms with van der Waals surface area (Å²) in [6.07, 6.45) is 1.61. The minimum atomic E-state index is -1.13. The van der Waals surface area contributed by atoms with E-state index in [1.165, 1.54) is 18.2 Å². The zero-order chi connectivity index (χ0) is 15.7. The first kappa shape index (κ1) is 14.2. The average Bonchev–Trinajstić information content (AvgIpc) is 2.48. The molecule has 110 valence electrons. The van der Waals surface area contributed by atoms with Gasteiger partial charge >= 0.3 is 5.97 Å². The number of fused-ring (bicyclic) bond motifs is 1. The van der Waals surface area contributed by atoms with Crippen LogP contribution in [0.2, 0.25) is 5.02 Å². The minimum Gasteiger partial charge on any atom is -0.508 e. The third-order valence-corrected chi connectivity index (χ3v) is 3.44. The number of carboxylic acids is 1. The van der Waals surface area contributed by atoms with Crippen LogP contribution in [0.1, 0.15) is 10.4 Å². The van der Waals surface area contributed by atoms with Crippen molar-refractivity contribution in [3.05, 3.63) is 59.2 Å². The lowest BCUT2D eigenvalue weighted by molar-refractivity contribution is 0.0697. The molecule has 0 aliphatic heterocycles. The molecular formula is C16H11ClN2O3. The molecule has 3 aromatic rings. The Balaban J connectivity index is 2.09. The Bertz CT molecular complexity index is 880. The molecule has 0 atom stereocenters. The molecular weight excluding hydrogens is 304 g/mol. The quantitative estimate of drug-likeness (QED) is 0.636. The number of anilines is 2. The molecule has 3 rings (SSSR count). The van der Waals surface area contributed by atoms with Crippen LogP contribution in [0.25, 0.3) is 10.9 Å². The number of halogens is 1. The van der Waals surface area contributed by atoms with Crippen molar-refractivity contribution in [2.45, 2.75) is 0 Å². The molecule has 0 saturated carbocycles. The van der Waals surface area contributed by atoms with Crippen LogP contribution >= 0.6 is 11.6 Å². The first-order valence-corrected chi connectivity index (χ1v) is 6.80. The van der Waals surface area contributed by atoms with Gasteiger partial charge < -0.3 is 15.5 Å². The Morgan fingerprint density at radius 3 is 2.68 bits per heavy atom. The molecule has 2 aromatic carbocycles. The Morgan fingerprint density at radius 1 is 1.09 bits per heavy atom. The summed E-state index contributed by atoms with van der Waals surface area (Å²) >= 11 is 5.95. The highest BCUT2D eigenvalue weighted by Crippen LogP contribution is 2.29. The summed E-state index contributed by atoms with van der Waals surface area (Å²) in [5, 5.41) is 23.1. The predicted molar refractivity (Wildman–Crippen MR) is 85.1 cm³/mol. The number of aromatic hydroxyl groups is 1. The number of carbonyl (C=O) groups is 1. The van der Waals surface area contributed by atoms with Gasteiger partial charge in [-0.2, -0.15) is 0 Å². The Kier molecular flexibility index (Phi) is 3.56. The van der Waals surface area contributed by atoms with E-state index in [0.29, 0.717) is 21.9 Å². The lowest BCUT2D eigenvalue weighted by Gasteiger charge is -2.12. The van der Waals surface area contributed by atoms with E-state index in [1.807, 2.05) is 6.07 Å². The summed E-state index contributed by atoms with van der Waals surface area (Å²) in [5.74, 6) is -1.23. The zero-order valence-corrected chi connectivity index (χ0v) is 12.0. The van der Waals surface area contributed by atoms with Crippen molar-refractivity contribution >= 4 is 39.8 Å². The molecule has 3 N–H and O–H groups in total. The number of carboxylic acid groups (broad SMARTS) is 1. The van der Waals surface area contributed by atoms with Gasteiger partial charge in [-0.1, -0.05) is 11.6 Å². The van der Waals surface area contributed by atoms with Crippen LogP contribution in [0.15, 0.2) is 48.7 Å². The van der Waals surface area contributed by atoms with Crippen molar-refractivity contribution in [1.29, 1.82) is 0 Å². The van der Waals surface area contributed by atoms with Crippen LogP contribution < -0.4 is 5.32 Å². The topological polar surface area (TPSA) is 82.5 Å². The number of hydrogen-bond acceptors (Lipinski definition) is 4. The van der Waals surface area contributed by atoms with Crippen LogP contribution in [0, 0.1) is 0 Å². The summed E-state index contributed by atoms with van der Waals surface area (Å²) in [6.45, 7) is 0. The van der Waals surface area contributed by atoms with Crippen molar-refractivity contribution < 1.29 is 15.0 Å². The summed E-state index contributed by atoms with van der Waals surface area (Å²) < 4.78 is 0. The standard InChI is InChI=1S/C16H11ClN2O3/c17-9-1-3-11-14(5-6-18-15(11)7-9)19-13-4-2-10(20)8-12(13)16(21)22/h1-8,20H,(H,18,19)(H,21,22). The first-order chi connectivity index (χ1) is 10.5. The van der Waals surface area contributed by atoms with Crippen molar-refractivity contribution in [2.24, 2.45) is 0 Å². The number of phenolic OH excluding ortho intramolecular Hbond substituents is 1. The largest absolute Gasteiger partial charge is 0.508 e. The van der Waals surface area contributed by atoms with Gasteiger partial charge in [0.1, 0.15) is 5.75 Å². The summed E-state index contributed by atoms with van der Waals surface area (Å²) in [6, 6.07) is 11.2. The molecule has 1 heterocycles. The lowest BCUT2D eigenvalue weighted by atomic mass is 10.1. The summed E-state index contributed by atoms with van der Waals surface area (Å²) in [5.41, 5.74) is 1.77. The van der Waals surface area contributed by atoms with Crippen molar-refractivity contribution in [1.82, 2.24) is 4.98 Å². The van der Waals surface area contributed by atoms with Crippen LogP contribution in [-0.2, 0) is 0 Å². The SMILES string of the molecule is O=C(O)c1cc(O)ccc1Nc1ccnc2cc(Cl)ccc12. The van der Waals surface area contributed by atoms with Gasteiger partial charge in [-0.15, -0.1) is 0 Å². The van der Waals surface area contributed by atoms with Gasteiger partial charge in [0.2, 0.25) is 0 Å². The Morgan fingerprint density at radius 2 is 1.91 bits per heavy atom. The maximum atomic E-state index is 11.3. The second-order valence-corrected chi connectivity index (χ2v) is 5.12. The maximum Gasteiger partial charge on any atom is 0.337 e. The van der Waals surface area contributed by atoms with Crippen molar-refractivity contribution in [3.8, 4) is 5.75 Å². The van der Waals surface area contributed by atoms with Crippen LogP contribution in [0.5, 0.6) is 5.75 Å². The van der Waals surface area contributed by atoms with Gasteiger partial charge in [-0.05, 0) is 42.5 Å². The van der Waals surface area contributed by atoms with Gasteiger partial charge in [0.25, 0.3) is 0 Å². The number of aromatic nitrogens is 1. The second-order valence-electron chi connectivity index (χ2n) is 4.68. The number of rotatable bonds is 3. The fourth-order valence-corrected chi connectivity index (χ4v) is 2.36. The Hall–Kier alpha value is -2.79. The first-order valence-electron chi connectivity index (χ1n) is 6.42. The van der Waals surface area contributed by atoms with Crippen molar-refractivity contribution in [3.63, 3.8) is 0 Å². The molecule has 0 amide bonds. The molecule has 0 spiro atoms. The van der Waals surface area contributed by atoms with E-state index < -0.39 is 5.97 Å². The van der Waals surface area contributed by atoms with Crippen LogP contribution in [0.4, 0.5) is 11.4 Å². The number of phenols is 1. The van der Waals surface area contributed by atoms with E-state index in [0.717, 1.165) is 5.39 Å². The number of hydrogen-bond donors (Lipinski definition) is 3. The normalized spacial score (nSPS) is 10.6. The molecule has 0 fully saturated rings. The molecule has 0 radical (unpaired) electrons. The van der Waals surface area contributed by atoms with Gasteiger partial charge in [0.05, 0.1) is 16.8 Å². The highest BCUT2D eigenvalue weighted by molar-refractivity contribution is 6.31. The lowest BCUT2D eigenvalue weighted by Crippen LogP contribution is -2.03. The maximum absolute atomic E-state index is 11.3. The number of nitrogens with one attached hydrogen (secondary N) is 1. The predicted octanol–water partition coefficient (Wildman–Crippen LogP) is 4.04. The summed E-state index contributed by atoms with van der Waals surface area (Å²) in [7, 11) is 0. The molecule has 0 aliphatic carbocycles. The van der Waals surface area contributed by atoms with E-state index in [9.17, 15) is 15.0 Å². The van der Waals surface area contributed by atoms with E-state index in [2.05, 4.69) is 10.3 Å². The van der Waals surface area contributed by atoms with Crippen LogP contribution in [0.3, 0.4) is 0 Å². The molecule has 0 aliphatic rings. The van der Waals surface area contributed by atoms with E-state index in [1.54, 1.807) is 24.4 Å². The fourth-order valence-electron chi connectivity index (χ4n) is 2.19. The van der Waals surface area contributed by atoms with Gasteiger partial charge in [0, 0.05) is 22.3 Å². The van der Waals surface area contributed by atoms with Gasteiger partial charge in [-0.3, -0.25) is 4.98 Å². The number of nitrogens with zero attached hydrogens (tertiary/aromatic N) is 1. The number of aromatic carboxylic acids is 1. The third kappa shape index (κ3) is 2.66. The second kappa shape index (κ2) is 5.54. The third-order valence-electron chi connectivity index (χ3n) is 3.21. The number of pyridine rings is 1. The molecule has 1 aromatic heterocycles. The molecule has 22 heavy (non-hydrogen) atoms. The molecule has 0 saturated heterocycles. The smallest absolute Gasteiger partial charge is 0.337 e. The van der Waals surface area contributed by atoms with E-state index in [4.69, 9.17) is 11.6 Å². The monoisotopic (exact) mass is 314 g/mol. The van der Waals surface area contributed by atoms with Crippen LogP contribution in [-0.4, -0.2) is 21.2 Å². The van der Waals surface area contributed by atoms with E-state index >= 15 is 0 Å². The van der Waals surface area contributed by atoms with Gasteiger partial charge in [-0.25, -0.2) is 4.79 Å². The average molecular weight is 315 g/mol. The Labute approximate surface area is 130 Å². The highest BCUT2D eigenvalue weighted by atomic mass is 35.5. The minimum absolute atomic E-state index is 0.0149. The molecule has 0 bridgehead atoms. The molecule has 6 heteroatoms. The fraction of sp³-hybridized carbons (Fsp3) is 0. The van der Waals surface area contributed by atoms with Crippen molar-refractivity contribution in [2.75, 3.05) is 5.32 Å². The number of benzene rings is 2. The zero-order valence-electron chi connectivity index (χ0n) is 11.2. The highest BCUT2D eigenvalue weighted by Gasteiger charge is 2.12. The van der Waals surface area contributed by atoms with E-state index in [-0.39, 0.29) is 11.3 Å². The molecule has 0 unspecified atom stereocenters. The summed E-state index contributed by atoms with van der Waals surface area (Å²) in [4.78, 5) is 15.5.